The van der Waals surface area contributed by atoms with Crippen LogP contribution in [0.1, 0.15) is 17.0 Å². The second-order valence-electron chi connectivity index (χ2n) is 4.18. The molecule has 0 aromatic carbocycles. The first kappa shape index (κ1) is 13.6. The van der Waals surface area contributed by atoms with E-state index in [9.17, 15) is 0 Å². The zero-order valence-corrected chi connectivity index (χ0v) is 13.2. The van der Waals surface area contributed by atoms with Crippen LogP contribution in [0.5, 0.6) is 0 Å². The molecule has 0 aliphatic heterocycles. The van der Waals surface area contributed by atoms with Crippen LogP contribution in [0.2, 0.25) is 0 Å². The first-order valence-corrected chi connectivity index (χ1v) is 7.52. The first-order valence-electron chi connectivity index (χ1n) is 5.85. The molecule has 0 amide bonds. The summed E-state index contributed by atoms with van der Waals surface area (Å²) in [4.78, 5) is 10.3. The van der Waals surface area contributed by atoms with E-state index in [0.29, 0.717) is 0 Å². The van der Waals surface area contributed by atoms with Gasteiger partial charge in [0.25, 0.3) is 0 Å². The van der Waals surface area contributed by atoms with Crippen molar-refractivity contribution in [3.05, 3.63) is 32.9 Å². The summed E-state index contributed by atoms with van der Waals surface area (Å²) >= 11 is 5.12. The molecule has 0 aliphatic carbocycles. The SMILES string of the molecule is CNCCc1c(C)nc(-c2cc(Br)cs2)nc1C. The molecule has 5 heteroatoms. The van der Waals surface area contributed by atoms with Gasteiger partial charge < -0.3 is 5.32 Å². The fraction of sp³-hybridized carbons (Fsp3) is 0.385. The highest BCUT2D eigenvalue weighted by atomic mass is 79.9. The molecule has 3 nitrogen and oxygen atoms in total. The van der Waals surface area contributed by atoms with Crippen LogP contribution in [0, 0.1) is 13.8 Å². The second kappa shape index (κ2) is 5.91. The maximum Gasteiger partial charge on any atom is 0.169 e. The minimum atomic E-state index is 0.828. The van der Waals surface area contributed by atoms with Crippen molar-refractivity contribution >= 4 is 27.3 Å². The van der Waals surface area contributed by atoms with E-state index in [1.54, 1.807) is 11.3 Å². The Balaban J connectivity index is 2.36. The summed E-state index contributed by atoms with van der Waals surface area (Å²) in [7, 11) is 1.96. The van der Waals surface area contributed by atoms with Gasteiger partial charge in [-0.3, -0.25) is 0 Å². The molecule has 0 saturated heterocycles. The molecule has 1 N–H and O–H groups in total. The standard InChI is InChI=1S/C13H16BrN3S/c1-8-11(4-5-15-3)9(2)17-13(16-8)12-6-10(14)7-18-12/h6-7,15H,4-5H2,1-3H3. The summed E-state index contributed by atoms with van der Waals surface area (Å²) in [6.45, 7) is 5.08. The van der Waals surface area contributed by atoms with E-state index in [-0.39, 0.29) is 0 Å². The van der Waals surface area contributed by atoms with Crippen molar-refractivity contribution in [2.45, 2.75) is 20.3 Å². The molecule has 18 heavy (non-hydrogen) atoms. The van der Waals surface area contributed by atoms with Crippen molar-refractivity contribution in [3.8, 4) is 10.7 Å². The van der Waals surface area contributed by atoms with Gasteiger partial charge in [-0.15, -0.1) is 11.3 Å². The fourth-order valence-electron chi connectivity index (χ4n) is 1.89. The number of aromatic nitrogens is 2. The average Bonchev–Trinajstić information content (AvgIpc) is 2.75. The second-order valence-corrected chi connectivity index (χ2v) is 6.01. The van der Waals surface area contributed by atoms with Crippen molar-refractivity contribution in [1.82, 2.24) is 15.3 Å². The summed E-state index contributed by atoms with van der Waals surface area (Å²) in [5.74, 6) is 0.828. The number of hydrogen-bond donors (Lipinski definition) is 1. The van der Waals surface area contributed by atoms with Gasteiger partial charge in [0.05, 0.1) is 4.88 Å². The number of aryl methyl sites for hydroxylation is 2. The normalized spacial score (nSPS) is 10.9. The largest absolute Gasteiger partial charge is 0.319 e. The molecule has 2 heterocycles. The Morgan fingerprint density at radius 2 is 1.94 bits per heavy atom. The van der Waals surface area contributed by atoms with Crippen molar-refractivity contribution in [1.29, 1.82) is 0 Å². The van der Waals surface area contributed by atoms with E-state index in [1.807, 2.05) is 7.05 Å². The topological polar surface area (TPSA) is 37.8 Å². The molecule has 0 unspecified atom stereocenters. The lowest BCUT2D eigenvalue weighted by Gasteiger charge is -2.09. The lowest BCUT2D eigenvalue weighted by molar-refractivity contribution is 0.774. The number of nitrogens with one attached hydrogen (secondary N) is 1. The monoisotopic (exact) mass is 325 g/mol. The maximum atomic E-state index is 4.62. The van der Waals surface area contributed by atoms with Gasteiger partial charge in [0.1, 0.15) is 0 Å². The molecular weight excluding hydrogens is 310 g/mol. The molecule has 0 atom stereocenters. The number of rotatable bonds is 4. The number of halogens is 1. The van der Waals surface area contributed by atoms with Gasteiger partial charge in [-0.05, 0) is 61.4 Å². The van der Waals surface area contributed by atoms with Crippen molar-refractivity contribution < 1.29 is 0 Å². The molecule has 2 rings (SSSR count). The predicted octanol–water partition coefficient (Wildman–Crippen LogP) is 3.35. The number of hydrogen-bond acceptors (Lipinski definition) is 4. The van der Waals surface area contributed by atoms with Gasteiger partial charge >= 0.3 is 0 Å². The quantitative estimate of drug-likeness (QED) is 0.936. The Bertz CT molecular complexity index is 528. The predicted molar refractivity (Wildman–Crippen MR) is 80.1 cm³/mol. The molecule has 2 aromatic heterocycles. The van der Waals surface area contributed by atoms with E-state index in [1.165, 1.54) is 5.56 Å². The molecule has 0 saturated carbocycles. The third-order valence-electron chi connectivity index (χ3n) is 2.83. The lowest BCUT2D eigenvalue weighted by Crippen LogP contribution is -2.13. The van der Waals surface area contributed by atoms with E-state index in [4.69, 9.17) is 0 Å². The van der Waals surface area contributed by atoms with E-state index in [2.05, 4.69) is 56.5 Å². The Morgan fingerprint density at radius 3 is 2.44 bits per heavy atom. The zero-order chi connectivity index (χ0) is 13.1. The van der Waals surface area contributed by atoms with Crippen LogP contribution in [0.3, 0.4) is 0 Å². The van der Waals surface area contributed by atoms with E-state index in [0.717, 1.165) is 39.5 Å². The Labute approximate surface area is 120 Å². The fourth-order valence-corrected chi connectivity index (χ4v) is 3.25. The summed E-state index contributed by atoms with van der Waals surface area (Å²) in [5, 5.41) is 5.21. The maximum absolute atomic E-state index is 4.62. The lowest BCUT2D eigenvalue weighted by atomic mass is 10.1. The summed E-state index contributed by atoms with van der Waals surface area (Å²) < 4.78 is 1.08. The number of likely N-dealkylation sites (N-methyl/N-ethyl adjacent to an activating group) is 1. The Kier molecular flexibility index (Phi) is 4.48. The third kappa shape index (κ3) is 2.96. The molecule has 0 bridgehead atoms. The highest BCUT2D eigenvalue weighted by Crippen LogP contribution is 2.28. The van der Waals surface area contributed by atoms with Gasteiger partial charge in [0, 0.05) is 21.2 Å². The molecule has 2 aromatic rings. The molecule has 0 spiro atoms. The van der Waals surface area contributed by atoms with Gasteiger partial charge in [0.2, 0.25) is 0 Å². The van der Waals surface area contributed by atoms with Gasteiger partial charge in [-0.2, -0.15) is 0 Å². The van der Waals surface area contributed by atoms with Crippen LogP contribution in [0.25, 0.3) is 10.7 Å². The van der Waals surface area contributed by atoms with Crippen LogP contribution in [0.4, 0.5) is 0 Å². The molecule has 0 fully saturated rings. The molecular formula is C13H16BrN3S. The highest BCUT2D eigenvalue weighted by molar-refractivity contribution is 9.10. The van der Waals surface area contributed by atoms with Crippen LogP contribution in [-0.2, 0) is 6.42 Å². The van der Waals surface area contributed by atoms with E-state index >= 15 is 0 Å². The van der Waals surface area contributed by atoms with Gasteiger partial charge in [-0.25, -0.2) is 9.97 Å². The van der Waals surface area contributed by atoms with Crippen molar-refractivity contribution in [3.63, 3.8) is 0 Å². The average molecular weight is 326 g/mol. The van der Waals surface area contributed by atoms with Gasteiger partial charge in [0.15, 0.2) is 5.82 Å². The van der Waals surface area contributed by atoms with Crippen LogP contribution < -0.4 is 5.32 Å². The third-order valence-corrected chi connectivity index (χ3v) is 4.52. The van der Waals surface area contributed by atoms with Crippen molar-refractivity contribution in [2.24, 2.45) is 0 Å². The molecule has 0 aliphatic rings. The van der Waals surface area contributed by atoms with Crippen LogP contribution in [0.15, 0.2) is 15.9 Å². The Morgan fingerprint density at radius 1 is 1.28 bits per heavy atom. The Hall–Kier alpha value is -0.780. The number of nitrogens with zero attached hydrogens (tertiary/aromatic N) is 2. The zero-order valence-electron chi connectivity index (χ0n) is 10.7. The summed E-state index contributed by atoms with van der Waals surface area (Å²) in [6, 6.07) is 2.06. The first-order chi connectivity index (χ1) is 8.61. The minimum absolute atomic E-state index is 0.828. The van der Waals surface area contributed by atoms with Gasteiger partial charge in [-0.1, -0.05) is 0 Å². The van der Waals surface area contributed by atoms with Crippen LogP contribution in [-0.4, -0.2) is 23.6 Å². The van der Waals surface area contributed by atoms with Crippen LogP contribution >= 0.6 is 27.3 Å². The highest BCUT2D eigenvalue weighted by Gasteiger charge is 2.11. The van der Waals surface area contributed by atoms with Crippen molar-refractivity contribution in [2.75, 3.05) is 13.6 Å². The molecule has 0 radical (unpaired) electrons. The minimum Gasteiger partial charge on any atom is -0.319 e. The molecule has 96 valence electrons. The summed E-state index contributed by atoms with van der Waals surface area (Å²) in [6.07, 6.45) is 0.975. The summed E-state index contributed by atoms with van der Waals surface area (Å²) in [5.41, 5.74) is 3.42. The smallest absolute Gasteiger partial charge is 0.169 e. The van der Waals surface area contributed by atoms with E-state index < -0.39 is 0 Å². The number of thiophene rings is 1.